The number of aryl methyl sites for hydroxylation is 1. The van der Waals surface area contributed by atoms with Crippen LogP contribution in [0.15, 0.2) is 72.8 Å². The van der Waals surface area contributed by atoms with Gasteiger partial charge in [0.15, 0.2) is 6.61 Å². The number of nitro benzene ring substituents is 1. The maximum absolute atomic E-state index is 12.8. The second-order valence-electron chi connectivity index (χ2n) is 7.50. The first-order valence-corrected chi connectivity index (χ1v) is 10.4. The zero-order chi connectivity index (χ0) is 24.7. The lowest BCUT2D eigenvalue weighted by atomic mass is 10.1. The van der Waals surface area contributed by atoms with Crippen LogP contribution >= 0.6 is 0 Å². The van der Waals surface area contributed by atoms with Gasteiger partial charge in [-0.3, -0.25) is 19.7 Å². The van der Waals surface area contributed by atoms with E-state index in [0.717, 1.165) is 5.56 Å². The summed E-state index contributed by atoms with van der Waals surface area (Å²) in [6.45, 7) is 2.70. The summed E-state index contributed by atoms with van der Waals surface area (Å²) in [5, 5.41) is 16.6. The largest absolute Gasteiger partial charge is 0.452 e. The second-order valence-corrected chi connectivity index (χ2v) is 7.50. The molecule has 9 nitrogen and oxygen atoms in total. The summed E-state index contributed by atoms with van der Waals surface area (Å²) >= 11 is 0. The molecule has 174 valence electrons. The van der Waals surface area contributed by atoms with Crippen LogP contribution in [0.2, 0.25) is 0 Å². The van der Waals surface area contributed by atoms with Crippen molar-refractivity contribution < 1.29 is 24.0 Å². The minimum Gasteiger partial charge on any atom is -0.452 e. The third kappa shape index (κ3) is 5.83. The number of hydrogen-bond donors (Lipinski definition) is 2. The normalized spacial score (nSPS) is 11.2. The van der Waals surface area contributed by atoms with Gasteiger partial charge in [-0.15, -0.1) is 0 Å². The molecular weight excluding hydrogens is 438 g/mol. The number of carbonyl (C=O) groups is 3. The van der Waals surface area contributed by atoms with Crippen molar-refractivity contribution in [1.29, 1.82) is 0 Å². The van der Waals surface area contributed by atoms with E-state index in [-0.39, 0.29) is 28.8 Å². The van der Waals surface area contributed by atoms with E-state index in [9.17, 15) is 24.5 Å². The number of amides is 2. The van der Waals surface area contributed by atoms with Gasteiger partial charge < -0.3 is 15.4 Å². The van der Waals surface area contributed by atoms with Crippen molar-refractivity contribution in [2.24, 2.45) is 0 Å². The number of benzene rings is 3. The van der Waals surface area contributed by atoms with Gasteiger partial charge in [-0.1, -0.05) is 54.6 Å². The lowest BCUT2D eigenvalue weighted by molar-refractivity contribution is -0.385. The lowest BCUT2D eigenvalue weighted by Gasteiger charge is -2.16. The maximum atomic E-state index is 12.8. The molecule has 9 heteroatoms. The molecule has 0 saturated heterocycles. The Bertz CT molecular complexity index is 1230. The van der Waals surface area contributed by atoms with Gasteiger partial charge in [-0.25, -0.2) is 4.79 Å². The van der Waals surface area contributed by atoms with Crippen LogP contribution in [0.5, 0.6) is 0 Å². The molecule has 0 heterocycles. The highest BCUT2D eigenvalue weighted by Crippen LogP contribution is 2.23. The first-order valence-electron chi connectivity index (χ1n) is 10.4. The first-order chi connectivity index (χ1) is 16.3. The van der Waals surface area contributed by atoms with Crippen LogP contribution in [-0.2, 0) is 9.53 Å². The maximum Gasteiger partial charge on any atom is 0.345 e. The molecule has 3 aromatic carbocycles. The van der Waals surface area contributed by atoms with Gasteiger partial charge in [-0.2, -0.15) is 0 Å². The summed E-state index contributed by atoms with van der Waals surface area (Å²) in [4.78, 5) is 48.2. The summed E-state index contributed by atoms with van der Waals surface area (Å²) in [5.41, 5.74) is 1.14. The molecule has 0 radical (unpaired) electrons. The molecule has 3 aromatic rings. The fourth-order valence-corrected chi connectivity index (χ4v) is 3.35. The number of nitro groups is 1. The lowest BCUT2D eigenvalue weighted by Crippen LogP contribution is -2.28. The van der Waals surface area contributed by atoms with Gasteiger partial charge in [-0.05, 0) is 37.1 Å². The average molecular weight is 461 g/mol. The predicted molar refractivity (Wildman–Crippen MR) is 126 cm³/mol. The summed E-state index contributed by atoms with van der Waals surface area (Å²) in [7, 11) is 0. The second kappa shape index (κ2) is 10.9. The average Bonchev–Trinajstić information content (AvgIpc) is 2.83. The topological polar surface area (TPSA) is 128 Å². The van der Waals surface area contributed by atoms with Crippen molar-refractivity contribution in [1.82, 2.24) is 5.32 Å². The molecule has 34 heavy (non-hydrogen) atoms. The van der Waals surface area contributed by atoms with E-state index >= 15 is 0 Å². The van der Waals surface area contributed by atoms with E-state index in [1.54, 1.807) is 24.3 Å². The fraction of sp³-hybridized carbons (Fsp3) is 0.160. The Kier molecular flexibility index (Phi) is 7.71. The highest BCUT2D eigenvalue weighted by molar-refractivity contribution is 6.04. The third-order valence-electron chi connectivity index (χ3n) is 5.08. The van der Waals surface area contributed by atoms with Crippen molar-refractivity contribution >= 4 is 29.2 Å². The smallest absolute Gasteiger partial charge is 0.345 e. The molecule has 0 aliphatic carbocycles. The minimum atomic E-state index is -0.984. The molecule has 0 spiro atoms. The van der Waals surface area contributed by atoms with Gasteiger partial charge in [0.1, 0.15) is 5.56 Å². The molecular formula is C25H23N3O6. The number of hydrogen-bond acceptors (Lipinski definition) is 6. The number of nitrogens with one attached hydrogen (secondary N) is 2. The molecule has 2 N–H and O–H groups in total. The van der Waals surface area contributed by atoms with E-state index < -0.39 is 29.1 Å². The Hall–Kier alpha value is -4.53. The minimum absolute atomic E-state index is 0.213. The van der Waals surface area contributed by atoms with Crippen LogP contribution in [0.3, 0.4) is 0 Å². The molecule has 2 amide bonds. The Morgan fingerprint density at radius 3 is 2.35 bits per heavy atom. The Morgan fingerprint density at radius 2 is 1.65 bits per heavy atom. The van der Waals surface area contributed by atoms with Crippen LogP contribution in [0.4, 0.5) is 11.4 Å². The van der Waals surface area contributed by atoms with E-state index in [1.807, 2.05) is 37.3 Å². The molecule has 0 aromatic heterocycles. The number of rotatable bonds is 8. The van der Waals surface area contributed by atoms with Crippen molar-refractivity contribution in [3.63, 3.8) is 0 Å². The van der Waals surface area contributed by atoms with E-state index in [4.69, 9.17) is 4.74 Å². The SMILES string of the molecule is Cc1cccc([N+](=O)[O-])c1C(=O)OCC(=O)Nc1ccccc1C(=O)NC(C)c1ccccc1. The standard InChI is InChI=1S/C25H23N3O6/c1-16-9-8-14-21(28(32)33)23(16)25(31)34-15-22(29)27-20-13-7-6-12-19(20)24(30)26-17(2)18-10-4-3-5-11-18/h3-14,17H,15H2,1-2H3,(H,26,30)(H,27,29). The summed E-state index contributed by atoms with van der Waals surface area (Å²) in [6, 6.07) is 19.8. The van der Waals surface area contributed by atoms with Crippen molar-refractivity contribution in [2.45, 2.75) is 19.9 Å². The van der Waals surface area contributed by atoms with Crippen LogP contribution in [0, 0.1) is 17.0 Å². The summed E-state index contributed by atoms with van der Waals surface area (Å²) < 4.78 is 5.00. The number of para-hydroxylation sites is 1. The zero-order valence-corrected chi connectivity index (χ0v) is 18.6. The Morgan fingerprint density at radius 1 is 0.971 bits per heavy atom. The number of esters is 1. The quantitative estimate of drug-likeness (QED) is 0.294. The molecule has 0 saturated carbocycles. The number of anilines is 1. The Balaban J connectivity index is 1.66. The van der Waals surface area contributed by atoms with Crippen LogP contribution < -0.4 is 10.6 Å². The van der Waals surface area contributed by atoms with Crippen LogP contribution in [-0.4, -0.2) is 29.3 Å². The van der Waals surface area contributed by atoms with Crippen molar-refractivity contribution in [3.05, 3.63) is 105 Å². The molecule has 0 fully saturated rings. The van der Waals surface area contributed by atoms with Gasteiger partial charge in [0.2, 0.25) is 0 Å². The third-order valence-corrected chi connectivity index (χ3v) is 5.08. The molecule has 0 bridgehead atoms. The van der Waals surface area contributed by atoms with E-state index in [0.29, 0.717) is 5.56 Å². The highest BCUT2D eigenvalue weighted by Gasteiger charge is 2.24. The van der Waals surface area contributed by atoms with E-state index in [1.165, 1.54) is 25.1 Å². The molecule has 0 aliphatic rings. The molecule has 1 unspecified atom stereocenters. The first kappa shape index (κ1) is 24.1. The molecule has 3 rings (SSSR count). The molecule has 0 aliphatic heterocycles. The van der Waals surface area contributed by atoms with E-state index in [2.05, 4.69) is 10.6 Å². The predicted octanol–water partition coefficient (Wildman–Crippen LogP) is 4.19. The summed E-state index contributed by atoms with van der Waals surface area (Å²) in [6.07, 6.45) is 0. The summed E-state index contributed by atoms with van der Waals surface area (Å²) in [5.74, 6) is -2.07. The fourth-order valence-electron chi connectivity index (χ4n) is 3.35. The van der Waals surface area contributed by atoms with Gasteiger partial charge in [0, 0.05) is 6.07 Å². The van der Waals surface area contributed by atoms with Crippen LogP contribution in [0.25, 0.3) is 0 Å². The van der Waals surface area contributed by atoms with Gasteiger partial charge >= 0.3 is 5.97 Å². The highest BCUT2D eigenvalue weighted by atomic mass is 16.6. The van der Waals surface area contributed by atoms with Gasteiger partial charge in [0.05, 0.1) is 22.2 Å². The van der Waals surface area contributed by atoms with Crippen molar-refractivity contribution in [2.75, 3.05) is 11.9 Å². The zero-order valence-electron chi connectivity index (χ0n) is 18.6. The van der Waals surface area contributed by atoms with Crippen LogP contribution in [0.1, 0.15) is 44.8 Å². The molecule has 1 atom stereocenters. The van der Waals surface area contributed by atoms with Crippen molar-refractivity contribution in [3.8, 4) is 0 Å². The Labute approximate surface area is 195 Å². The number of ether oxygens (including phenoxy) is 1. The number of nitrogens with zero attached hydrogens (tertiary/aromatic N) is 1. The van der Waals surface area contributed by atoms with Gasteiger partial charge in [0.25, 0.3) is 17.5 Å². The monoisotopic (exact) mass is 461 g/mol. The number of carbonyl (C=O) groups excluding carboxylic acids is 3.